The lowest BCUT2D eigenvalue weighted by molar-refractivity contribution is 0.102. The van der Waals surface area contributed by atoms with E-state index in [0.29, 0.717) is 17.4 Å². The van der Waals surface area contributed by atoms with Crippen molar-refractivity contribution in [3.8, 4) is 0 Å². The number of hydrogen-bond donors (Lipinski definition) is 1. The minimum Gasteiger partial charge on any atom is -0.305 e. The minimum absolute atomic E-state index is 0.220. The number of nitrogens with zero attached hydrogens (tertiary/aromatic N) is 4. The molecule has 1 amide bonds. The highest BCUT2D eigenvalue weighted by atomic mass is 16.2. The fourth-order valence-corrected chi connectivity index (χ4v) is 3.25. The fraction of sp³-hybridized carbons (Fsp3) is 0.333. The summed E-state index contributed by atoms with van der Waals surface area (Å²) in [6.07, 6.45) is 9.87. The number of rotatable bonds is 3. The summed E-state index contributed by atoms with van der Waals surface area (Å²) in [6.45, 7) is 2.00. The van der Waals surface area contributed by atoms with E-state index in [-0.39, 0.29) is 5.91 Å². The Morgan fingerprint density at radius 3 is 2.92 bits per heavy atom. The molecule has 0 atom stereocenters. The molecule has 0 spiro atoms. The number of nitrogens with one attached hydrogen (secondary N) is 1. The molecular formula is C18H19N5O. The molecule has 6 heteroatoms. The zero-order valence-electron chi connectivity index (χ0n) is 13.6. The van der Waals surface area contributed by atoms with Crippen molar-refractivity contribution in [2.24, 2.45) is 0 Å². The summed E-state index contributed by atoms with van der Waals surface area (Å²) >= 11 is 0. The maximum absolute atomic E-state index is 12.6. The van der Waals surface area contributed by atoms with Crippen molar-refractivity contribution in [3.05, 3.63) is 53.9 Å². The Labute approximate surface area is 140 Å². The number of carbonyl (C=O) groups excluding carboxylic acids is 1. The van der Waals surface area contributed by atoms with Crippen LogP contribution < -0.4 is 5.32 Å². The van der Waals surface area contributed by atoms with E-state index in [4.69, 9.17) is 0 Å². The van der Waals surface area contributed by atoms with Gasteiger partial charge in [0.15, 0.2) is 0 Å². The second kappa shape index (κ2) is 6.03. The van der Waals surface area contributed by atoms with Gasteiger partial charge in [-0.2, -0.15) is 0 Å². The Balaban J connectivity index is 1.58. The number of hydrogen-bond acceptors (Lipinski definition) is 4. The second-order valence-corrected chi connectivity index (χ2v) is 6.31. The van der Waals surface area contributed by atoms with Crippen molar-refractivity contribution in [1.82, 2.24) is 19.4 Å². The summed E-state index contributed by atoms with van der Waals surface area (Å²) in [5.74, 6) is 1.57. The predicted octanol–water partition coefficient (Wildman–Crippen LogP) is 3.34. The SMILES string of the molecule is Cc1ccn2c(C(=O)Nc3ccnc(C4CCCC4)n3)cnc2c1. The van der Waals surface area contributed by atoms with E-state index < -0.39 is 0 Å². The molecule has 6 nitrogen and oxygen atoms in total. The molecule has 0 saturated heterocycles. The molecule has 0 aromatic carbocycles. The largest absolute Gasteiger partial charge is 0.305 e. The Kier molecular flexibility index (Phi) is 3.72. The first-order valence-electron chi connectivity index (χ1n) is 8.29. The van der Waals surface area contributed by atoms with Crippen LogP contribution in [0.25, 0.3) is 5.65 Å². The number of fused-ring (bicyclic) bond motifs is 1. The van der Waals surface area contributed by atoms with E-state index in [1.54, 1.807) is 22.9 Å². The van der Waals surface area contributed by atoms with Crippen LogP contribution in [-0.2, 0) is 0 Å². The van der Waals surface area contributed by atoms with Crippen molar-refractivity contribution in [3.63, 3.8) is 0 Å². The second-order valence-electron chi connectivity index (χ2n) is 6.31. The normalized spacial score (nSPS) is 15.0. The molecule has 1 N–H and O–H groups in total. The first-order valence-corrected chi connectivity index (χ1v) is 8.29. The third kappa shape index (κ3) is 2.75. The summed E-state index contributed by atoms with van der Waals surface area (Å²) in [4.78, 5) is 25.8. The smallest absolute Gasteiger partial charge is 0.275 e. The van der Waals surface area contributed by atoms with Gasteiger partial charge in [0.05, 0.1) is 6.20 Å². The third-order valence-corrected chi connectivity index (χ3v) is 4.54. The molecule has 0 radical (unpaired) electrons. The van der Waals surface area contributed by atoms with Gasteiger partial charge in [-0.15, -0.1) is 0 Å². The third-order valence-electron chi connectivity index (χ3n) is 4.54. The average molecular weight is 321 g/mol. The molecule has 24 heavy (non-hydrogen) atoms. The molecule has 3 aromatic heterocycles. The molecule has 3 aromatic rings. The number of imidazole rings is 1. The van der Waals surface area contributed by atoms with Crippen molar-refractivity contribution in [1.29, 1.82) is 0 Å². The van der Waals surface area contributed by atoms with Gasteiger partial charge in [0.2, 0.25) is 0 Å². The van der Waals surface area contributed by atoms with Crippen LogP contribution in [-0.4, -0.2) is 25.3 Å². The first-order chi connectivity index (χ1) is 11.7. The summed E-state index contributed by atoms with van der Waals surface area (Å²) in [5, 5.41) is 2.86. The van der Waals surface area contributed by atoms with Gasteiger partial charge in [-0.05, 0) is 43.5 Å². The van der Waals surface area contributed by atoms with Gasteiger partial charge in [-0.1, -0.05) is 12.8 Å². The topological polar surface area (TPSA) is 72.2 Å². The van der Waals surface area contributed by atoms with Crippen LogP contribution in [0.15, 0.2) is 36.8 Å². The number of anilines is 1. The van der Waals surface area contributed by atoms with E-state index in [0.717, 1.165) is 29.9 Å². The summed E-state index contributed by atoms with van der Waals surface area (Å²) in [5.41, 5.74) is 2.36. The fourth-order valence-electron chi connectivity index (χ4n) is 3.25. The maximum Gasteiger partial charge on any atom is 0.275 e. The van der Waals surface area contributed by atoms with Gasteiger partial charge in [-0.25, -0.2) is 15.0 Å². The highest BCUT2D eigenvalue weighted by Gasteiger charge is 2.20. The van der Waals surface area contributed by atoms with Crippen LogP contribution >= 0.6 is 0 Å². The van der Waals surface area contributed by atoms with Crippen molar-refractivity contribution in [2.45, 2.75) is 38.5 Å². The molecule has 0 unspecified atom stereocenters. The number of aromatic nitrogens is 4. The molecule has 1 fully saturated rings. The summed E-state index contributed by atoms with van der Waals surface area (Å²) in [6, 6.07) is 5.62. The predicted molar refractivity (Wildman–Crippen MR) is 91.1 cm³/mol. The molecule has 3 heterocycles. The zero-order chi connectivity index (χ0) is 16.5. The molecule has 0 bridgehead atoms. The van der Waals surface area contributed by atoms with E-state index in [1.807, 2.05) is 25.3 Å². The number of amides is 1. The van der Waals surface area contributed by atoms with Crippen molar-refractivity contribution < 1.29 is 4.79 Å². The Morgan fingerprint density at radius 1 is 1.25 bits per heavy atom. The lowest BCUT2D eigenvalue weighted by atomic mass is 10.1. The molecule has 1 aliphatic rings. The molecular weight excluding hydrogens is 302 g/mol. The monoisotopic (exact) mass is 321 g/mol. The highest BCUT2D eigenvalue weighted by Crippen LogP contribution is 2.32. The van der Waals surface area contributed by atoms with Gasteiger partial charge >= 0.3 is 0 Å². The van der Waals surface area contributed by atoms with Crippen LogP contribution in [0.1, 0.15) is 53.5 Å². The Hall–Kier alpha value is -2.76. The lowest BCUT2D eigenvalue weighted by Gasteiger charge is -2.09. The summed E-state index contributed by atoms with van der Waals surface area (Å²) < 4.78 is 1.78. The van der Waals surface area contributed by atoms with E-state index in [2.05, 4.69) is 20.3 Å². The van der Waals surface area contributed by atoms with Crippen molar-refractivity contribution >= 4 is 17.4 Å². The van der Waals surface area contributed by atoms with Crippen LogP contribution in [0.2, 0.25) is 0 Å². The Bertz CT molecular complexity index is 895. The van der Waals surface area contributed by atoms with E-state index >= 15 is 0 Å². The number of pyridine rings is 1. The Morgan fingerprint density at radius 2 is 2.08 bits per heavy atom. The van der Waals surface area contributed by atoms with Gasteiger partial charge in [0.1, 0.15) is 23.0 Å². The standard InChI is InChI=1S/C18H19N5O/c1-12-7-9-23-14(11-20-16(23)10-12)18(24)22-15-6-8-19-17(21-15)13-4-2-3-5-13/h6-11,13H,2-5H2,1H3,(H,19,21,22,24). The van der Waals surface area contributed by atoms with Crippen LogP contribution in [0, 0.1) is 6.92 Å². The summed E-state index contributed by atoms with van der Waals surface area (Å²) in [7, 11) is 0. The van der Waals surface area contributed by atoms with Gasteiger partial charge < -0.3 is 5.32 Å². The first kappa shape index (κ1) is 14.8. The molecule has 122 valence electrons. The number of aryl methyl sites for hydroxylation is 1. The van der Waals surface area contributed by atoms with E-state index in [1.165, 1.54) is 12.8 Å². The van der Waals surface area contributed by atoms with Crippen LogP contribution in [0.5, 0.6) is 0 Å². The van der Waals surface area contributed by atoms with Crippen LogP contribution in [0.4, 0.5) is 5.82 Å². The lowest BCUT2D eigenvalue weighted by Crippen LogP contribution is -2.16. The maximum atomic E-state index is 12.6. The molecule has 4 rings (SSSR count). The van der Waals surface area contributed by atoms with Gasteiger partial charge in [0, 0.05) is 18.3 Å². The van der Waals surface area contributed by atoms with Crippen molar-refractivity contribution in [2.75, 3.05) is 5.32 Å². The molecule has 1 saturated carbocycles. The quantitative estimate of drug-likeness (QED) is 0.803. The van der Waals surface area contributed by atoms with Gasteiger partial charge in [-0.3, -0.25) is 9.20 Å². The van der Waals surface area contributed by atoms with Crippen LogP contribution in [0.3, 0.4) is 0 Å². The molecule has 1 aliphatic carbocycles. The van der Waals surface area contributed by atoms with E-state index in [9.17, 15) is 4.79 Å². The zero-order valence-corrected chi connectivity index (χ0v) is 13.6. The molecule has 0 aliphatic heterocycles. The average Bonchev–Trinajstić information content (AvgIpc) is 3.24. The minimum atomic E-state index is -0.220. The highest BCUT2D eigenvalue weighted by molar-refractivity contribution is 6.02. The van der Waals surface area contributed by atoms with Gasteiger partial charge in [0.25, 0.3) is 5.91 Å². The number of carbonyl (C=O) groups is 1.